The van der Waals surface area contributed by atoms with Gasteiger partial charge < -0.3 is 0 Å². The Balaban J connectivity index is 1.96. The molecule has 2 unspecified atom stereocenters. The number of rotatable bonds is 1. The lowest BCUT2D eigenvalue weighted by atomic mass is 9.47. The van der Waals surface area contributed by atoms with E-state index < -0.39 is 0 Å². The van der Waals surface area contributed by atoms with Crippen LogP contribution in [0.1, 0.15) is 39.5 Å². The van der Waals surface area contributed by atoms with Crippen LogP contribution in [0.2, 0.25) is 0 Å². The lowest BCUT2D eigenvalue weighted by molar-refractivity contribution is -0.0121. The maximum Gasteiger partial charge on any atom is 0.0786 e. The molecule has 4 rings (SSSR count). The summed E-state index contributed by atoms with van der Waals surface area (Å²) in [7, 11) is 0. The molecule has 14 heavy (non-hydrogen) atoms. The van der Waals surface area contributed by atoms with E-state index in [4.69, 9.17) is 0 Å². The zero-order chi connectivity index (χ0) is 9.97. The average molecular weight is 187 g/mol. The topological polar surface area (TPSA) is 23.8 Å². The van der Waals surface area contributed by atoms with E-state index in [1.165, 1.54) is 18.4 Å². The third-order valence-corrected chi connectivity index (χ3v) is 4.98. The van der Waals surface area contributed by atoms with E-state index in [1.807, 2.05) is 0 Å². The van der Waals surface area contributed by atoms with Gasteiger partial charge in [0.1, 0.15) is 0 Å². The van der Waals surface area contributed by atoms with Gasteiger partial charge in [-0.05, 0) is 42.9 Å². The predicted octanol–water partition coefficient (Wildman–Crippen LogP) is 3.28. The van der Waals surface area contributed by atoms with E-state index >= 15 is 0 Å². The van der Waals surface area contributed by atoms with E-state index in [2.05, 4.69) is 26.0 Å². The van der Waals surface area contributed by atoms with Gasteiger partial charge in [-0.1, -0.05) is 25.5 Å². The predicted molar refractivity (Wildman–Crippen MR) is 55.4 cm³/mol. The van der Waals surface area contributed by atoms with Gasteiger partial charge in [-0.2, -0.15) is 5.26 Å². The highest BCUT2D eigenvalue weighted by molar-refractivity contribution is 5.38. The number of hydrogen-bond acceptors (Lipinski definition) is 1. The highest BCUT2D eigenvalue weighted by atomic mass is 14.6. The molecule has 0 spiro atoms. The largest absolute Gasteiger partial charge is 0.197 e. The molecule has 2 saturated carbocycles. The molecule has 0 aromatic heterocycles. The summed E-state index contributed by atoms with van der Waals surface area (Å²) in [6, 6.07) is 2.55. The normalized spacial score (nSPS) is 40.5. The molecule has 0 aliphatic heterocycles. The quantitative estimate of drug-likeness (QED) is 0.578. The monoisotopic (exact) mass is 187 g/mol. The molecule has 2 bridgehead atoms. The minimum absolute atomic E-state index is 0.00662. The summed E-state index contributed by atoms with van der Waals surface area (Å²) in [5.41, 5.74) is 1.98. The highest BCUT2D eigenvalue weighted by Crippen LogP contribution is 2.67. The second-order valence-corrected chi connectivity index (χ2v) is 5.90. The Morgan fingerprint density at radius 2 is 2.14 bits per heavy atom. The van der Waals surface area contributed by atoms with Crippen LogP contribution >= 0.6 is 0 Å². The van der Waals surface area contributed by atoms with Crippen molar-refractivity contribution in [3.63, 3.8) is 0 Å². The third-order valence-electron chi connectivity index (χ3n) is 4.98. The first kappa shape index (κ1) is 8.53. The molecule has 0 aromatic carbocycles. The van der Waals surface area contributed by atoms with Gasteiger partial charge in [0.25, 0.3) is 0 Å². The number of nitriles is 1. The SMILES string of the molecule is CC1(C)C2CC=C(C3(C#N)CC3)C1C2. The molecular formula is C13H17N. The Labute approximate surface area is 85.8 Å². The maximum atomic E-state index is 9.22. The molecule has 0 aromatic rings. The standard InChI is InChI=1S/C13H17N/c1-12(2)9-3-4-10(11(12)7-9)13(8-14)5-6-13/h4,9,11H,3,5-7H2,1-2H3. The van der Waals surface area contributed by atoms with Crippen LogP contribution < -0.4 is 0 Å². The van der Waals surface area contributed by atoms with Crippen molar-refractivity contribution in [2.24, 2.45) is 22.7 Å². The smallest absolute Gasteiger partial charge is 0.0786 e. The van der Waals surface area contributed by atoms with Crippen molar-refractivity contribution in [2.45, 2.75) is 39.5 Å². The van der Waals surface area contributed by atoms with Gasteiger partial charge >= 0.3 is 0 Å². The molecular weight excluding hydrogens is 170 g/mol. The van der Waals surface area contributed by atoms with Crippen molar-refractivity contribution in [3.8, 4) is 6.07 Å². The van der Waals surface area contributed by atoms with Crippen molar-refractivity contribution >= 4 is 0 Å². The van der Waals surface area contributed by atoms with Gasteiger partial charge in [-0.15, -0.1) is 0 Å². The highest BCUT2D eigenvalue weighted by Gasteiger charge is 2.59. The second kappa shape index (κ2) is 2.24. The molecule has 0 saturated heterocycles. The molecule has 74 valence electrons. The van der Waals surface area contributed by atoms with Crippen LogP contribution in [0.25, 0.3) is 0 Å². The van der Waals surface area contributed by atoms with Crippen LogP contribution in [0.3, 0.4) is 0 Å². The summed E-state index contributed by atoms with van der Waals surface area (Å²) >= 11 is 0. The third kappa shape index (κ3) is 0.804. The second-order valence-electron chi connectivity index (χ2n) is 5.90. The first-order valence-electron chi connectivity index (χ1n) is 5.72. The van der Waals surface area contributed by atoms with Gasteiger partial charge in [0.15, 0.2) is 0 Å². The minimum atomic E-state index is -0.00662. The molecule has 1 heteroatoms. The average Bonchev–Trinajstić information content (AvgIpc) is 2.98. The summed E-state index contributed by atoms with van der Waals surface area (Å²) in [6.45, 7) is 4.76. The lowest BCUT2D eigenvalue weighted by Crippen LogP contribution is -2.49. The van der Waals surface area contributed by atoms with Crippen molar-refractivity contribution in [3.05, 3.63) is 11.6 Å². The fraction of sp³-hybridized carbons (Fsp3) is 0.769. The van der Waals surface area contributed by atoms with Crippen LogP contribution in [0, 0.1) is 34.0 Å². The van der Waals surface area contributed by atoms with E-state index in [-0.39, 0.29) is 5.41 Å². The summed E-state index contributed by atoms with van der Waals surface area (Å²) < 4.78 is 0. The summed E-state index contributed by atoms with van der Waals surface area (Å²) in [5.74, 6) is 1.62. The number of hydrogen-bond donors (Lipinski definition) is 0. The summed E-state index contributed by atoms with van der Waals surface area (Å²) in [4.78, 5) is 0. The molecule has 2 fully saturated rings. The molecule has 0 N–H and O–H groups in total. The van der Waals surface area contributed by atoms with Crippen LogP contribution in [0.5, 0.6) is 0 Å². The van der Waals surface area contributed by atoms with Gasteiger partial charge in [0, 0.05) is 0 Å². The molecule has 2 atom stereocenters. The Morgan fingerprint density at radius 3 is 2.57 bits per heavy atom. The molecule has 0 amide bonds. The van der Waals surface area contributed by atoms with E-state index in [0.717, 1.165) is 24.7 Å². The molecule has 4 aliphatic carbocycles. The van der Waals surface area contributed by atoms with Crippen molar-refractivity contribution in [1.82, 2.24) is 0 Å². The van der Waals surface area contributed by atoms with Crippen LogP contribution in [0.4, 0.5) is 0 Å². The first-order chi connectivity index (χ1) is 6.60. The fourth-order valence-electron chi connectivity index (χ4n) is 3.47. The fourth-order valence-corrected chi connectivity index (χ4v) is 3.47. The first-order valence-corrected chi connectivity index (χ1v) is 5.72. The molecule has 1 nitrogen and oxygen atoms in total. The maximum absolute atomic E-state index is 9.22. The van der Waals surface area contributed by atoms with Crippen LogP contribution in [0.15, 0.2) is 11.6 Å². The summed E-state index contributed by atoms with van der Waals surface area (Å²) in [6.07, 6.45) is 7.20. The zero-order valence-corrected chi connectivity index (χ0v) is 9.01. The van der Waals surface area contributed by atoms with Crippen LogP contribution in [-0.4, -0.2) is 0 Å². The molecule has 0 radical (unpaired) electrons. The van der Waals surface area contributed by atoms with Crippen molar-refractivity contribution in [2.75, 3.05) is 0 Å². The number of nitrogens with zero attached hydrogens (tertiary/aromatic N) is 1. The number of allylic oxidation sites excluding steroid dienone is 2. The Bertz CT molecular complexity index is 352. The van der Waals surface area contributed by atoms with Crippen LogP contribution in [-0.2, 0) is 0 Å². The van der Waals surface area contributed by atoms with E-state index in [1.54, 1.807) is 0 Å². The Morgan fingerprint density at radius 1 is 1.43 bits per heavy atom. The zero-order valence-electron chi connectivity index (χ0n) is 9.01. The van der Waals surface area contributed by atoms with Crippen molar-refractivity contribution < 1.29 is 0 Å². The number of fused-ring (bicyclic) bond motifs is 1. The Kier molecular flexibility index (Phi) is 1.37. The van der Waals surface area contributed by atoms with Crippen molar-refractivity contribution in [1.29, 1.82) is 5.26 Å². The van der Waals surface area contributed by atoms with E-state index in [9.17, 15) is 5.26 Å². The van der Waals surface area contributed by atoms with Gasteiger partial charge in [-0.25, -0.2) is 0 Å². The molecule has 4 aliphatic rings. The van der Waals surface area contributed by atoms with Gasteiger partial charge in [0.05, 0.1) is 11.5 Å². The lowest BCUT2D eigenvalue weighted by Gasteiger charge is -2.57. The summed E-state index contributed by atoms with van der Waals surface area (Å²) in [5, 5.41) is 9.22. The minimum Gasteiger partial charge on any atom is -0.197 e. The van der Waals surface area contributed by atoms with Gasteiger partial charge in [-0.3, -0.25) is 0 Å². The van der Waals surface area contributed by atoms with E-state index in [0.29, 0.717) is 5.41 Å². The van der Waals surface area contributed by atoms with Gasteiger partial charge in [0.2, 0.25) is 0 Å². The Hall–Kier alpha value is -0.770. The molecule has 0 heterocycles.